The van der Waals surface area contributed by atoms with Gasteiger partial charge < -0.3 is 21.3 Å². The topological polar surface area (TPSA) is 87.5 Å². The van der Waals surface area contributed by atoms with Gasteiger partial charge in [-0.15, -0.1) is 0 Å². The average Bonchev–Trinajstić information content (AvgIpc) is 2.55. The third-order valence-corrected chi connectivity index (χ3v) is 4.58. The molecule has 4 N–H and O–H groups in total. The standard InChI is InChI=1S/C18H28N4O2/c1-12(2)13(3)20-18(24)21-15-11-14(17(19)23)7-8-16(15)22-9-5-4-6-10-22/h7-8,11-13H,4-6,9-10H2,1-3H3,(H2,19,23)(H2,20,21,24)/t13-/m0/s1. The van der Waals surface area contributed by atoms with Crippen LogP contribution in [0.5, 0.6) is 0 Å². The van der Waals surface area contributed by atoms with E-state index in [1.807, 2.05) is 13.0 Å². The van der Waals surface area contributed by atoms with Crippen LogP contribution in [0.15, 0.2) is 18.2 Å². The molecule has 0 bridgehead atoms. The predicted molar refractivity (Wildman–Crippen MR) is 97.5 cm³/mol. The van der Waals surface area contributed by atoms with Crippen molar-refractivity contribution < 1.29 is 9.59 Å². The van der Waals surface area contributed by atoms with Crippen LogP contribution in [-0.4, -0.2) is 31.1 Å². The minimum absolute atomic E-state index is 0.0581. The Morgan fingerprint density at radius 3 is 2.38 bits per heavy atom. The molecule has 6 heteroatoms. The number of rotatable bonds is 5. The van der Waals surface area contributed by atoms with E-state index in [0.717, 1.165) is 31.6 Å². The molecule has 1 atom stereocenters. The molecule has 1 aromatic rings. The summed E-state index contributed by atoms with van der Waals surface area (Å²) in [6.45, 7) is 7.98. The molecule has 0 aromatic heterocycles. The predicted octanol–water partition coefficient (Wildman–Crippen LogP) is 2.94. The Hall–Kier alpha value is -2.24. The van der Waals surface area contributed by atoms with E-state index in [1.54, 1.807) is 12.1 Å². The largest absolute Gasteiger partial charge is 0.370 e. The minimum Gasteiger partial charge on any atom is -0.370 e. The molecule has 6 nitrogen and oxygen atoms in total. The highest BCUT2D eigenvalue weighted by Crippen LogP contribution is 2.29. The van der Waals surface area contributed by atoms with Crippen LogP contribution >= 0.6 is 0 Å². The molecule has 1 heterocycles. The van der Waals surface area contributed by atoms with Gasteiger partial charge >= 0.3 is 6.03 Å². The SMILES string of the molecule is CC(C)[C@H](C)NC(=O)Nc1cc(C(N)=O)ccc1N1CCCCC1. The number of piperidine rings is 1. The second-order valence-corrected chi connectivity index (χ2v) is 6.78. The third kappa shape index (κ3) is 4.63. The first-order valence-corrected chi connectivity index (χ1v) is 8.65. The molecule has 24 heavy (non-hydrogen) atoms. The average molecular weight is 332 g/mol. The Bertz CT molecular complexity index is 595. The summed E-state index contributed by atoms with van der Waals surface area (Å²) in [7, 11) is 0. The number of benzene rings is 1. The molecule has 0 aliphatic carbocycles. The lowest BCUT2D eigenvalue weighted by Crippen LogP contribution is -2.39. The van der Waals surface area contributed by atoms with Crippen molar-refractivity contribution in [3.05, 3.63) is 23.8 Å². The van der Waals surface area contributed by atoms with Crippen molar-refractivity contribution in [2.45, 2.75) is 46.1 Å². The summed E-state index contributed by atoms with van der Waals surface area (Å²) in [6.07, 6.45) is 3.49. The number of primary amides is 1. The van der Waals surface area contributed by atoms with Crippen LogP contribution in [-0.2, 0) is 0 Å². The molecule has 1 fully saturated rings. The summed E-state index contributed by atoms with van der Waals surface area (Å²) in [5.74, 6) is -0.159. The maximum Gasteiger partial charge on any atom is 0.319 e. The van der Waals surface area contributed by atoms with E-state index in [2.05, 4.69) is 29.4 Å². The van der Waals surface area contributed by atoms with Crippen LogP contribution in [0, 0.1) is 5.92 Å². The summed E-state index contributed by atoms with van der Waals surface area (Å²) in [6, 6.07) is 5.03. The molecule has 1 saturated heterocycles. The van der Waals surface area contributed by atoms with Crippen LogP contribution < -0.4 is 21.3 Å². The summed E-state index contributed by atoms with van der Waals surface area (Å²) < 4.78 is 0. The molecule has 0 unspecified atom stereocenters. The smallest absolute Gasteiger partial charge is 0.319 e. The Morgan fingerprint density at radius 1 is 1.12 bits per heavy atom. The fourth-order valence-electron chi connectivity index (χ4n) is 2.73. The minimum atomic E-state index is -0.501. The number of nitrogens with two attached hydrogens (primary N) is 1. The second-order valence-electron chi connectivity index (χ2n) is 6.78. The van der Waals surface area contributed by atoms with Crippen molar-refractivity contribution in [3.8, 4) is 0 Å². The lowest BCUT2D eigenvalue weighted by Gasteiger charge is -2.31. The Balaban J connectivity index is 2.22. The van der Waals surface area contributed by atoms with Gasteiger partial charge in [-0.25, -0.2) is 4.79 Å². The number of nitrogens with one attached hydrogen (secondary N) is 2. The van der Waals surface area contributed by atoms with Crippen molar-refractivity contribution in [1.29, 1.82) is 0 Å². The zero-order valence-corrected chi connectivity index (χ0v) is 14.8. The monoisotopic (exact) mass is 332 g/mol. The molecule has 132 valence electrons. The van der Waals surface area contributed by atoms with Gasteiger partial charge in [0.2, 0.25) is 5.91 Å². The Kier molecular flexibility index (Phi) is 6.06. The summed E-state index contributed by atoms with van der Waals surface area (Å²) in [5.41, 5.74) is 7.34. The molecule has 3 amide bonds. The molecule has 0 radical (unpaired) electrons. The number of amides is 3. The number of carbonyl (C=O) groups excluding carboxylic acids is 2. The van der Waals surface area contributed by atoms with E-state index < -0.39 is 5.91 Å². The fraction of sp³-hybridized carbons (Fsp3) is 0.556. The molecule has 1 aliphatic rings. The Morgan fingerprint density at radius 2 is 1.79 bits per heavy atom. The number of hydrogen-bond acceptors (Lipinski definition) is 3. The second kappa shape index (κ2) is 8.04. The van der Waals surface area contributed by atoms with Crippen LogP contribution in [0.3, 0.4) is 0 Å². The maximum absolute atomic E-state index is 12.3. The highest BCUT2D eigenvalue weighted by atomic mass is 16.2. The lowest BCUT2D eigenvalue weighted by molar-refractivity contribution is 0.100. The highest BCUT2D eigenvalue weighted by molar-refractivity contribution is 5.99. The quantitative estimate of drug-likeness (QED) is 0.774. The van der Waals surface area contributed by atoms with Crippen molar-refractivity contribution in [2.24, 2.45) is 11.7 Å². The maximum atomic E-state index is 12.3. The fourth-order valence-corrected chi connectivity index (χ4v) is 2.73. The van der Waals surface area contributed by atoms with Gasteiger partial charge in [-0.1, -0.05) is 13.8 Å². The summed E-state index contributed by atoms with van der Waals surface area (Å²) >= 11 is 0. The molecule has 1 aliphatic heterocycles. The zero-order valence-electron chi connectivity index (χ0n) is 14.8. The number of hydrogen-bond donors (Lipinski definition) is 3. The van der Waals surface area contributed by atoms with Crippen LogP contribution in [0.4, 0.5) is 16.2 Å². The van der Waals surface area contributed by atoms with Crippen LogP contribution in [0.1, 0.15) is 50.4 Å². The first kappa shape index (κ1) is 18.1. The number of anilines is 2. The van der Waals surface area contributed by atoms with Crippen molar-refractivity contribution >= 4 is 23.3 Å². The van der Waals surface area contributed by atoms with Gasteiger partial charge in [-0.2, -0.15) is 0 Å². The van der Waals surface area contributed by atoms with Gasteiger partial charge in [0.25, 0.3) is 0 Å². The van der Waals surface area contributed by atoms with Crippen LogP contribution in [0.25, 0.3) is 0 Å². The van der Waals surface area contributed by atoms with Gasteiger partial charge in [0.15, 0.2) is 0 Å². The first-order valence-electron chi connectivity index (χ1n) is 8.65. The number of carbonyl (C=O) groups is 2. The number of urea groups is 1. The van der Waals surface area contributed by atoms with Gasteiger partial charge in [-0.3, -0.25) is 4.79 Å². The molecule has 0 spiro atoms. The summed E-state index contributed by atoms with van der Waals surface area (Å²) in [5, 5.41) is 5.81. The molecular weight excluding hydrogens is 304 g/mol. The van der Waals surface area contributed by atoms with E-state index in [4.69, 9.17) is 5.73 Å². The Labute approximate surface area is 143 Å². The summed E-state index contributed by atoms with van der Waals surface area (Å²) in [4.78, 5) is 26.0. The van der Waals surface area contributed by atoms with Crippen molar-refractivity contribution in [3.63, 3.8) is 0 Å². The normalized spacial score (nSPS) is 15.9. The molecule has 1 aromatic carbocycles. The lowest BCUT2D eigenvalue weighted by atomic mass is 10.1. The van der Waals surface area contributed by atoms with Crippen LogP contribution in [0.2, 0.25) is 0 Å². The van der Waals surface area contributed by atoms with Crippen molar-refractivity contribution in [2.75, 3.05) is 23.3 Å². The molecular formula is C18H28N4O2. The highest BCUT2D eigenvalue weighted by Gasteiger charge is 2.18. The van der Waals surface area contributed by atoms with E-state index in [1.165, 1.54) is 6.42 Å². The van der Waals surface area contributed by atoms with Gasteiger partial charge in [0, 0.05) is 24.7 Å². The zero-order chi connectivity index (χ0) is 17.7. The number of nitrogens with zero attached hydrogens (tertiary/aromatic N) is 1. The van der Waals surface area contributed by atoms with Gasteiger partial charge in [0.1, 0.15) is 0 Å². The van der Waals surface area contributed by atoms with E-state index in [9.17, 15) is 9.59 Å². The van der Waals surface area contributed by atoms with E-state index in [-0.39, 0.29) is 12.1 Å². The third-order valence-electron chi connectivity index (χ3n) is 4.58. The van der Waals surface area contributed by atoms with E-state index in [0.29, 0.717) is 17.2 Å². The van der Waals surface area contributed by atoms with E-state index >= 15 is 0 Å². The van der Waals surface area contributed by atoms with Gasteiger partial charge in [0.05, 0.1) is 11.4 Å². The molecule has 0 saturated carbocycles. The molecule has 2 rings (SSSR count). The van der Waals surface area contributed by atoms with Gasteiger partial charge in [-0.05, 0) is 50.3 Å². The first-order chi connectivity index (χ1) is 11.4. The van der Waals surface area contributed by atoms with Crippen molar-refractivity contribution in [1.82, 2.24) is 5.32 Å².